The maximum atomic E-state index is 11.3. The second-order valence-electron chi connectivity index (χ2n) is 3.97. The number of ketones is 1. The second-order valence-corrected chi connectivity index (χ2v) is 3.97. The summed E-state index contributed by atoms with van der Waals surface area (Å²) in [5.74, 6) is -0.472. The average molecular weight is 234 g/mol. The number of unbranched alkanes of at least 4 members (excludes halogenated alkanes) is 1. The summed E-state index contributed by atoms with van der Waals surface area (Å²) in [5, 5.41) is 0. The summed E-state index contributed by atoms with van der Waals surface area (Å²) in [6, 6.07) is 9.43. The molecule has 17 heavy (non-hydrogen) atoms. The fourth-order valence-corrected chi connectivity index (χ4v) is 1.41. The lowest BCUT2D eigenvalue weighted by Crippen LogP contribution is -2.11. The van der Waals surface area contributed by atoms with E-state index < -0.39 is 5.97 Å². The molecule has 0 unspecified atom stereocenters. The first kappa shape index (κ1) is 13.4. The Morgan fingerprint density at radius 3 is 2.53 bits per heavy atom. The number of hydrogen-bond acceptors (Lipinski definition) is 3. The highest BCUT2D eigenvalue weighted by Crippen LogP contribution is 2.04. The fourth-order valence-electron chi connectivity index (χ4n) is 1.41. The van der Waals surface area contributed by atoms with Crippen molar-refractivity contribution in [3.05, 3.63) is 35.9 Å². The lowest BCUT2D eigenvalue weighted by atomic mass is 10.1. The SMILES string of the molecule is CCCCC(=O)CC(=O)OCc1ccccc1. The average Bonchev–Trinajstić information content (AvgIpc) is 2.35. The smallest absolute Gasteiger partial charge is 0.313 e. The number of esters is 1. The van der Waals surface area contributed by atoms with Gasteiger partial charge >= 0.3 is 5.97 Å². The molecule has 0 heterocycles. The molecule has 0 saturated heterocycles. The summed E-state index contributed by atoms with van der Waals surface area (Å²) in [6.07, 6.45) is 2.17. The van der Waals surface area contributed by atoms with Gasteiger partial charge in [-0.2, -0.15) is 0 Å². The maximum absolute atomic E-state index is 11.3. The molecule has 0 atom stereocenters. The van der Waals surface area contributed by atoms with Gasteiger partial charge in [0.15, 0.2) is 0 Å². The molecule has 3 heteroatoms. The Labute approximate surface area is 102 Å². The third kappa shape index (κ3) is 5.85. The third-order valence-corrected chi connectivity index (χ3v) is 2.39. The summed E-state index contributed by atoms with van der Waals surface area (Å²) >= 11 is 0. The molecule has 0 N–H and O–H groups in total. The van der Waals surface area contributed by atoms with Gasteiger partial charge in [-0.3, -0.25) is 9.59 Å². The Morgan fingerprint density at radius 2 is 1.88 bits per heavy atom. The standard InChI is InChI=1S/C14H18O3/c1-2-3-9-13(15)10-14(16)17-11-12-7-5-4-6-8-12/h4-8H,2-3,9-11H2,1H3. The molecule has 3 nitrogen and oxygen atoms in total. The van der Waals surface area contributed by atoms with Crippen LogP contribution < -0.4 is 0 Å². The van der Waals surface area contributed by atoms with E-state index in [9.17, 15) is 9.59 Å². The van der Waals surface area contributed by atoms with Gasteiger partial charge in [-0.25, -0.2) is 0 Å². The first-order chi connectivity index (χ1) is 8.22. The van der Waals surface area contributed by atoms with Crippen LogP contribution in [0.25, 0.3) is 0 Å². The molecular weight excluding hydrogens is 216 g/mol. The summed E-state index contributed by atoms with van der Waals surface area (Å²) in [5.41, 5.74) is 0.932. The van der Waals surface area contributed by atoms with Gasteiger partial charge in [0.25, 0.3) is 0 Å². The van der Waals surface area contributed by atoms with Crippen LogP contribution in [0.1, 0.15) is 38.2 Å². The van der Waals surface area contributed by atoms with E-state index in [1.807, 2.05) is 37.3 Å². The first-order valence-corrected chi connectivity index (χ1v) is 5.93. The molecule has 0 bridgehead atoms. The van der Waals surface area contributed by atoms with E-state index in [4.69, 9.17) is 4.74 Å². The van der Waals surface area contributed by atoms with E-state index in [0.717, 1.165) is 18.4 Å². The highest BCUT2D eigenvalue weighted by Gasteiger charge is 2.10. The van der Waals surface area contributed by atoms with E-state index in [1.54, 1.807) is 0 Å². The largest absolute Gasteiger partial charge is 0.460 e. The van der Waals surface area contributed by atoms with Gasteiger partial charge in [-0.15, -0.1) is 0 Å². The van der Waals surface area contributed by atoms with E-state index in [1.165, 1.54) is 0 Å². The summed E-state index contributed by atoms with van der Waals surface area (Å²) in [7, 11) is 0. The Balaban J connectivity index is 2.24. The van der Waals surface area contributed by atoms with Crippen LogP contribution in [-0.2, 0) is 20.9 Å². The van der Waals surface area contributed by atoms with Crippen LogP contribution in [0.3, 0.4) is 0 Å². The number of Topliss-reactive ketones (excluding diaryl/α,β-unsaturated/α-hetero) is 1. The molecule has 1 rings (SSSR count). The van der Waals surface area contributed by atoms with E-state index >= 15 is 0 Å². The number of ether oxygens (including phenoxy) is 1. The van der Waals surface area contributed by atoms with Crippen molar-refractivity contribution in [2.24, 2.45) is 0 Å². The molecule has 0 radical (unpaired) electrons. The molecule has 0 spiro atoms. The predicted molar refractivity (Wildman–Crippen MR) is 65.4 cm³/mol. The number of benzene rings is 1. The van der Waals surface area contributed by atoms with Crippen LogP contribution >= 0.6 is 0 Å². The fraction of sp³-hybridized carbons (Fsp3) is 0.429. The molecule has 0 amide bonds. The number of carbonyl (C=O) groups excluding carboxylic acids is 2. The van der Waals surface area contributed by atoms with Crippen LogP contribution in [0.2, 0.25) is 0 Å². The van der Waals surface area contributed by atoms with Crippen LogP contribution in [0, 0.1) is 0 Å². The molecule has 0 aromatic heterocycles. The zero-order valence-electron chi connectivity index (χ0n) is 10.1. The molecule has 0 aliphatic heterocycles. The van der Waals surface area contributed by atoms with Crippen molar-refractivity contribution in [3.63, 3.8) is 0 Å². The van der Waals surface area contributed by atoms with Gasteiger partial charge in [0.05, 0.1) is 0 Å². The predicted octanol–water partition coefficient (Wildman–Crippen LogP) is 2.88. The monoisotopic (exact) mass is 234 g/mol. The Hall–Kier alpha value is -1.64. The lowest BCUT2D eigenvalue weighted by molar-refractivity contribution is -0.147. The Kier molecular flexibility index (Phi) is 6.00. The van der Waals surface area contributed by atoms with Gasteiger partial charge < -0.3 is 4.74 Å². The van der Waals surface area contributed by atoms with E-state index in [0.29, 0.717) is 6.42 Å². The highest BCUT2D eigenvalue weighted by molar-refractivity contribution is 5.95. The quantitative estimate of drug-likeness (QED) is 0.538. The zero-order valence-corrected chi connectivity index (χ0v) is 10.1. The number of hydrogen-bond donors (Lipinski definition) is 0. The minimum Gasteiger partial charge on any atom is -0.460 e. The minimum atomic E-state index is -0.435. The van der Waals surface area contributed by atoms with Crippen molar-refractivity contribution in [1.82, 2.24) is 0 Å². The molecule has 92 valence electrons. The van der Waals surface area contributed by atoms with Crippen LogP contribution in [0.15, 0.2) is 30.3 Å². The van der Waals surface area contributed by atoms with Gasteiger partial charge in [-0.05, 0) is 12.0 Å². The van der Waals surface area contributed by atoms with Crippen molar-refractivity contribution in [3.8, 4) is 0 Å². The van der Waals surface area contributed by atoms with Crippen molar-refractivity contribution in [2.75, 3.05) is 0 Å². The van der Waals surface area contributed by atoms with Gasteiger partial charge in [0, 0.05) is 6.42 Å². The molecule has 0 saturated carbocycles. The van der Waals surface area contributed by atoms with Crippen LogP contribution in [0.4, 0.5) is 0 Å². The van der Waals surface area contributed by atoms with Crippen LogP contribution in [-0.4, -0.2) is 11.8 Å². The molecule has 0 fully saturated rings. The van der Waals surface area contributed by atoms with Gasteiger partial charge in [-0.1, -0.05) is 43.7 Å². The molecule has 0 aliphatic rings. The molecule has 1 aromatic carbocycles. The van der Waals surface area contributed by atoms with E-state index in [2.05, 4.69) is 0 Å². The molecule has 0 aliphatic carbocycles. The third-order valence-electron chi connectivity index (χ3n) is 2.39. The number of rotatable bonds is 7. The number of carbonyl (C=O) groups is 2. The Morgan fingerprint density at radius 1 is 1.18 bits per heavy atom. The summed E-state index contributed by atoms with van der Waals surface area (Å²) in [6.45, 7) is 2.25. The summed E-state index contributed by atoms with van der Waals surface area (Å²) < 4.78 is 5.02. The second kappa shape index (κ2) is 7.60. The molecule has 1 aromatic rings. The van der Waals surface area contributed by atoms with Gasteiger partial charge in [0.1, 0.15) is 18.8 Å². The molecular formula is C14H18O3. The van der Waals surface area contributed by atoms with Crippen LogP contribution in [0.5, 0.6) is 0 Å². The Bertz CT molecular complexity index is 357. The highest BCUT2D eigenvalue weighted by atomic mass is 16.5. The maximum Gasteiger partial charge on any atom is 0.313 e. The van der Waals surface area contributed by atoms with Crippen molar-refractivity contribution in [1.29, 1.82) is 0 Å². The normalized spacial score (nSPS) is 9.94. The van der Waals surface area contributed by atoms with Crippen molar-refractivity contribution < 1.29 is 14.3 Å². The summed E-state index contributed by atoms with van der Waals surface area (Å²) in [4.78, 5) is 22.7. The zero-order chi connectivity index (χ0) is 12.5. The van der Waals surface area contributed by atoms with Crippen molar-refractivity contribution >= 4 is 11.8 Å². The van der Waals surface area contributed by atoms with Crippen molar-refractivity contribution in [2.45, 2.75) is 39.2 Å². The minimum absolute atomic E-state index is 0.0371. The van der Waals surface area contributed by atoms with Gasteiger partial charge in [0.2, 0.25) is 0 Å². The van der Waals surface area contributed by atoms with E-state index in [-0.39, 0.29) is 18.8 Å². The topological polar surface area (TPSA) is 43.4 Å². The first-order valence-electron chi connectivity index (χ1n) is 5.93. The lowest BCUT2D eigenvalue weighted by Gasteiger charge is -2.04.